The summed E-state index contributed by atoms with van der Waals surface area (Å²) in [5, 5.41) is 2.05. The molecule has 3 rings (SSSR count). The lowest BCUT2D eigenvalue weighted by molar-refractivity contribution is -0.128. The van der Waals surface area contributed by atoms with Gasteiger partial charge in [-0.25, -0.2) is 0 Å². The molecule has 2 aliphatic rings. The number of hydrogen-bond acceptors (Lipinski definition) is 3. The van der Waals surface area contributed by atoms with Crippen LogP contribution in [0.4, 0.5) is 0 Å². The van der Waals surface area contributed by atoms with Gasteiger partial charge in [0.05, 0.1) is 5.56 Å². The van der Waals surface area contributed by atoms with Crippen LogP contribution in [-0.4, -0.2) is 47.8 Å². The molecule has 0 aromatic carbocycles. The Morgan fingerprint density at radius 2 is 1.71 bits per heavy atom. The molecule has 1 aromatic rings. The Morgan fingerprint density at radius 1 is 1.00 bits per heavy atom. The summed E-state index contributed by atoms with van der Waals surface area (Å²) < 4.78 is 0. The first-order chi connectivity index (χ1) is 10.2. The fourth-order valence-electron chi connectivity index (χ4n) is 3.28. The lowest BCUT2D eigenvalue weighted by Crippen LogP contribution is -2.36. The molecule has 1 fully saturated rings. The fraction of sp³-hybridized carbons (Fsp3) is 0.625. The van der Waals surface area contributed by atoms with E-state index >= 15 is 0 Å². The molecule has 1 aliphatic heterocycles. The SMILES string of the molecule is CC(=O)N1CCCN(C(=O)c2csc3c2CCCC3)CC1. The third kappa shape index (κ3) is 2.98. The van der Waals surface area contributed by atoms with Crippen LogP contribution in [0.2, 0.25) is 0 Å². The highest BCUT2D eigenvalue weighted by molar-refractivity contribution is 7.10. The Bertz CT molecular complexity index is 552. The summed E-state index contributed by atoms with van der Waals surface area (Å²) in [7, 11) is 0. The monoisotopic (exact) mass is 306 g/mol. The maximum atomic E-state index is 12.8. The van der Waals surface area contributed by atoms with E-state index < -0.39 is 0 Å². The average molecular weight is 306 g/mol. The predicted octanol–water partition coefficient (Wildman–Crippen LogP) is 2.32. The maximum Gasteiger partial charge on any atom is 0.255 e. The van der Waals surface area contributed by atoms with Gasteiger partial charge in [0.2, 0.25) is 5.91 Å². The molecule has 0 atom stereocenters. The quantitative estimate of drug-likeness (QED) is 0.799. The van der Waals surface area contributed by atoms with E-state index in [1.807, 2.05) is 15.2 Å². The number of carbonyl (C=O) groups excluding carboxylic acids is 2. The first-order valence-electron chi connectivity index (χ1n) is 7.81. The number of nitrogens with zero attached hydrogens (tertiary/aromatic N) is 2. The van der Waals surface area contributed by atoms with Gasteiger partial charge in [-0.2, -0.15) is 0 Å². The van der Waals surface area contributed by atoms with Gasteiger partial charge >= 0.3 is 0 Å². The highest BCUT2D eigenvalue weighted by Gasteiger charge is 2.26. The van der Waals surface area contributed by atoms with Crippen molar-refractivity contribution in [3.8, 4) is 0 Å². The molecule has 21 heavy (non-hydrogen) atoms. The summed E-state index contributed by atoms with van der Waals surface area (Å²) in [5.41, 5.74) is 2.22. The molecule has 0 unspecified atom stereocenters. The number of carbonyl (C=O) groups is 2. The van der Waals surface area contributed by atoms with Crippen molar-refractivity contribution in [1.29, 1.82) is 0 Å². The summed E-state index contributed by atoms with van der Waals surface area (Å²) in [5.74, 6) is 0.275. The highest BCUT2D eigenvalue weighted by Crippen LogP contribution is 2.31. The Balaban J connectivity index is 1.73. The fourth-order valence-corrected chi connectivity index (χ4v) is 4.40. The van der Waals surface area contributed by atoms with Gasteiger partial charge in [-0.15, -0.1) is 11.3 Å². The van der Waals surface area contributed by atoms with Gasteiger partial charge in [-0.3, -0.25) is 9.59 Å². The van der Waals surface area contributed by atoms with E-state index in [4.69, 9.17) is 0 Å². The molecule has 5 heteroatoms. The minimum absolute atomic E-state index is 0.109. The largest absolute Gasteiger partial charge is 0.341 e. The number of fused-ring (bicyclic) bond motifs is 1. The van der Waals surface area contributed by atoms with Crippen molar-refractivity contribution in [2.24, 2.45) is 0 Å². The van der Waals surface area contributed by atoms with Crippen molar-refractivity contribution in [2.45, 2.75) is 39.0 Å². The number of thiophene rings is 1. The normalized spacial score (nSPS) is 19.1. The molecule has 1 aromatic heterocycles. The summed E-state index contributed by atoms with van der Waals surface area (Å²) >= 11 is 1.74. The van der Waals surface area contributed by atoms with Crippen molar-refractivity contribution in [3.05, 3.63) is 21.4 Å². The second-order valence-corrected chi connectivity index (χ2v) is 6.87. The van der Waals surface area contributed by atoms with Crippen LogP contribution in [-0.2, 0) is 17.6 Å². The van der Waals surface area contributed by atoms with Crippen LogP contribution in [0.3, 0.4) is 0 Å². The van der Waals surface area contributed by atoms with Crippen molar-refractivity contribution in [3.63, 3.8) is 0 Å². The van der Waals surface area contributed by atoms with E-state index in [0.717, 1.165) is 37.9 Å². The summed E-state index contributed by atoms with van der Waals surface area (Å²) in [6.45, 7) is 4.44. The minimum atomic E-state index is 0.109. The van der Waals surface area contributed by atoms with Crippen molar-refractivity contribution < 1.29 is 9.59 Å². The molecule has 0 N–H and O–H groups in total. The molecule has 0 spiro atoms. The average Bonchev–Trinajstić information content (AvgIpc) is 2.75. The van der Waals surface area contributed by atoms with Gasteiger partial charge in [0.1, 0.15) is 0 Å². The molecule has 2 heterocycles. The molecule has 4 nitrogen and oxygen atoms in total. The Labute approximate surface area is 129 Å². The molecule has 1 aliphatic carbocycles. The highest BCUT2D eigenvalue weighted by atomic mass is 32.1. The second kappa shape index (κ2) is 6.18. The summed E-state index contributed by atoms with van der Waals surface area (Å²) in [4.78, 5) is 29.4. The zero-order chi connectivity index (χ0) is 14.8. The third-order valence-electron chi connectivity index (χ3n) is 4.52. The Kier molecular flexibility index (Phi) is 4.29. The van der Waals surface area contributed by atoms with E-state index in [2.05, 4.69) is 0 Å². The molecule has 1 saturated heterocycles. The van der Waals surface area contributed by atoms with Crippen molar-refractivity contribution in [2.75, 3.05) is 26.2 Å². The molecule has 0 saturated carbocycles. The van der Waals surface area contributed by atoms with Crippen LogP contribution in [0.15, 0.2) is 5.38 Å². The molecule has 0 bridgehead atoms. The maximum absolute atomic E-state index is 12.8. The molecular formula is C16H22N2O2S. The standard InChI is InChI=1S/C16H22N2O2S/c1-12(19)17-7-4-8-18(10-9-17)16(20)14-11-21-15-6-3-2-5-13(14)15/h11H,2-10H2,1H3. The lowest BCUT2D eigenvalue weighted by Gasteiger charge is -2.22. The van der Waals surface area contributed by atoms with Crippen LogP contribution in [0.5, 0.6) is 0 Å². The number of aryl methyl sites for hydroxylation is 1. The van der Waals surface area contributed by atoms with Crippen LogP contribution in [0, 0.1) is 0 Å². The first-order valence-corrected chi connectivity index (χ1v) is 8.69. The number of amides is 2. The van der Waals surface area contributed by atoms with Crippen LogP contribution < -0.4 is 0 Å². The van der Waals surface area contributed by atoms with Crippen molar-refractivity contribution >= 4 is 23.2 Å². The van der Waals surface area contributed by atoms with Gasteiger partial charge in [0.25, 0.3) is 5.91 Å². The lowest BCUT2D eigenvalue weighted by atomic mass is 9.95. The van der Waals surface area contributed by atoms with E-state index in [1.54, 1.807) is 18.3 Å². The van der Waals surface area contributed by atoms with Crippen molar-refractivity contribution in [1.82, 2.24) is 9.80 Å². The number of rotatable bonds is 1. The van der Waals surface area contributed by atoms with E-state index in [1.165, 1.54) is 23.3 Å². The van der Waals surface area contributed by atoms with Gasteiger partial charge in [0.15, 0.2) is 0 Å². The minimum Gasteiger partial charge on any atom is -0.341 e. The van der Waals surface area contributed by atoms with Gasteiger partial charge in [-0.1, -0.05) is 0 Å². The van der Waals surface area contributed by atoms with Gasteiger partial charge in [-0.05, 0) is 37.7 Å². The second-order valence-electron chi connectivity index (χ2n) is 5.91. The molecular weight excluding hydrogens is 284 g/mol. The molecule has 0 radical (unpaired) electrons. The van der Waals surface area contributed by atoms with Gasteiger partial charge < -0.3 is 9.80 Å². The van der Waals surface area contributed by atoms with Crippen LogP contribution >= 0.6 is 11.3 Å². The van der Waals surface area contributed by atoms with E-state index in [9.17, 15) is 9.59 Å². The third-order valence-corrected chi connectivity index (χ3v) is 5.61. The topological polar surface area (TPSA) is 40.6 Å². The summed E-state index contributed by atoms with van der Waals surface area (Å²) in [6, 6.07) is 0. The van der Waals surface area contributed by atoms with Gasteiger partial charge in [0, 0.05) is 43.4 Å². The van der Waals surface area contributed by atoms with Crippen LogP contribution in [0.1, 0.15) is 47.0 Å². The predicted molar refractivity (Wildman–Crippen MR) is 83.7 cm³/mol. The Hall–Kier alpha value is -1.36. The van der Waals surface area contributed by atoms with E-state index in [-0.39, 0.29) is 11.8 Å². The van der Waals surface area contributed by atoms with E-state index in [0.29, 0.717) is 13.1 Å². The number of hydrogen-bond donors (Lipinski definition) is 0. The summed E-state index contributed by atoms with van der Waals surface area (Å²) in [6.07, 6.45) is 5.50. The smallest absolute Gasteiger partial charge is 0.255 e. The van der Waals surface area contributed by atoms with Crippen LogP contribution in [0.25, 0.3) is 0 Å². The first kappa shape index (κ1) is 14.6. The zero-order valence-corrected chi connectivity index (χ0v) is 13.4. The molecule has 114 valence electrons. The molecule has 2 amide bonds. The Morgan fingerprint density at radius 3 is 2.52 bits per heavy atom. The zero-order valence-electron chi connectivity index (χ0n) is 12.6.